The van der Waals surface area contributed by atoms with Crippen LogP contribution in [-0.4, -0.2) is 32.8 Å². The van der Waals surface area contributed by atoms with E-state index in [9.17, 15) is 14.4 Å². The number of amides is 2. The van der Waals surface area contributed by atoms with Gasteiger partial charge in [-0.25, -0.2) is 9.78 Å². The van der Waals surface area contributed by atoms with Crippen molar-refractivity contribution in [3.05, 3.63) is 29.6 Å². The van der Waals surface area contributed by atoms with E-state index in [1.807, 2.05) is 20.8 Å². The van der Waals surface area contributed by atoms with Gasteiger partial charge in [-0.1, -0.05) is 19.9 Å². The fourth-order valence-corrected chi connectivity index (χ4v) is 2.34. The Morgan fingerprint density at radius 2 is 2.10 bits per heavy atom. The van der Waals surface area contributed by atoms with Crippen LogP contribution in [0.15, 0.2) is 18.3 Å². The van der Waals surface area contributed by atoms with Gasteiger partial charge in [0.1, 0.15) is 5.69 Å². The quantitative estimate of drug-likeness (QED) is 0.853. The lowest BCUT2D eigenvalue weighted by Gasteiger charge is -2.26. The van der Waals surface area contributed by atoms with Gasteiger partial charge in [0.05, 0.1) is 12.0 Å². The highest BCUT2D eigenvalue weighted by Crippen LogP contribution is 2.39. The topological polar surface area (TPSA) is 87.6 Å². The molecule has 0 bridgehead atoms. The number of nitrogens with zero attached hydrogens (tertiary/aromatic N) is 2. The number of rotatable bonds is 4. The first-order chi connectivity index (χ1) is 9.75. The van der Waals surface area contributed by atoms with Crippen LogP contribution in [-0.2, 0) is 16.1 Å². The van der Waals surface area contributed by atoms with Crippen LogP contribution in [0.4, 0.5) is 0 Å². The van der Waals surface area contributed by atoms with E-state index in [2.05, 4.69) is 4.98 Å². The number of carboxylic acids is 1. The monoisotopic (exact) mass is 290 g/mol. The second-order valence-electron chi connectivity index (χ2n) is 5.89. The second kappa shape index (κ2) is 5.27. The number of likely N-dealkylation sites (tertiary alicyclic amines) is 1. The van der Waals surface area contributed by atoms with Crippen molar-refractivity contribution in [2.75, 3.05) is 0 Å². The lowest BCUT2D eigenvalue weighted by molar-refractivity contribution is -0.142. The molecule has 0 aliphatic carbocycles. The summed E-state index contributed by atoms with van der Waals surface area (Å²) in [6.07, 6.45) is 1.60. The maximum absolute atomic E-state index is 12.4. The van der Waals surface area contributed by atoms with E-state index in [1.54, 1.807) is 6.07 Å². The zero-order valence-electron chi connectivity index (χ0n) is 12.3. The number of carbonyl (C=O) groups excluding carboxylic acids is 2. The van der Waals surface area contributed by atoms with Crippen molar-refractivity contribution in [3.8, 4) is 0 Å². The van der Waals surface area contributed by atoms with Crippen LogP contribution < -0.4 is 0 Å². The number of aromatic carboxylic acids is 1. The molecule has 1 atom stereocenters. The van der Waals surface area contributed by atoms with Crippen molar-refractivity contribution in [3.63, 3.8) is 0 Å². The van der Waals surface area contributed by atoms with Crippen molar-refractivity contribution in [1.82, 2.24) is 9.88 Å². The van der Waals surface area contributed by atoms with Crippen molar-refractivity contribution < 1.29 is 19.5 Å². The maximum Gasteiger partial charge on any atom is 0.354 e. The fourth-order valence-electron chi connectivity index (χ4n) is 2.34. The van der Waals surface area contributed by atoms with Crippen LogP contribution in [0.2, 0.25) is 0 Å². The van der Waals surface area contributed by atoms with Gasteiger partial charge in [-0.05, 0) is 24.5 Å². The van der Waals surface area contributed by atoms with E-state index < -0.39 is 11.4 Å². The number of carbonyl (C=O) groups is 3. The number of imide groups is 1. The molecule has 2 rings (SSSR count). The second-order valence-corrected chi connectivity index (χ2v) is 5.89. The van der Waals surface area contributed by atoms with Crippen molar-refractivity contribution in [2.24, 2.45) is 11.3 Å². The van der Waals surface area contributed by atoms with Crippen molar-refractivity contribution >= 4 is 17.8 Å². The minimum absolute atomic E-state index is 0.0650. The molecule has 2 amide bonds. The van der Waals surface area contributed by atoms with E-state index in [1.165, 1.54) is 17.2 Å². The van der Waals surface area contributed by atoms with Crippen molar-refractivity contribution in [1.29, 1.82) is 0 Å². The minimum Gasteiger partial charge on any atom is -0.477 e. The summed E-state index contributed by atoms with van der Waals surface area (Å²) in [5, 5.41) is 8.79. The largest absolute Gasteiger partial charge is 0.477 e. The van der Waals surface area contributed by atoms with Crippen LogP contribution in [0.5, 0.6) is 0 Å². The third kappa shape index (κ3) is 2.66. The molecule has 6 nitrogen and oxygen atoms in total. The standard InChI is InChI=1S/C15H18N2O4/c1-9(2)15(3)6-12(18)17(14(15)21)8-10-4-5-11(13(19)20)16-7-10/h4-5,7,9H,6,8H2,1-3H3,(H,19,20). The molecule has 1 aliphatic heterocycles. The van der Waals surface area contributed by atoms with E-state index in [0.717, 1.165) is 0 Å². The molecule has 0 spiro atoms. The number of pyridine rings is 1. The third-order valence-corrected chi connectivity index (χ3v) is 4.21. The van der Waals surface area contributed by atoms with Gasteiger partial charge in [-0.15, -0.1) is 0 Å². The fraction of sp³-hybridized carbons (Fsp3) is 0.467. The summed E-state index contributed by atoms with van der Waals surface area (Å²) in [6.45, 7) is 5.80. The predicted molar refractivity (Wildman–Crippen MR) is 74.3 cm³/mol. The smallest absolute Gasteiger partial charge is 0.354 e. The SMILES string of the molecule is CC(C)C1(C)CC(=O)N(Cc2ccc(C(=O)O)nc2)C1=O. The van der Waals surface area contributed by atoms with Gasteiger partial charge in [0, 0.05) is 12.6 Å². The van der Waals surface area contributed by atoms with Gasteiger partial charge in [-0.2, -0.15) is 0 Å². The minimum atomic E-state index is -1.11. The lowest BCUT2D eigenvalue weighted by atomic mass is 9.78. The van der Waals surface area contributed by atoms with E-state index in [4.69, 9.17) is 5.11 Å². The first kappa shape index (κ1) is 15.2. The summed E-state index contributed by atoms with van der Waals surface area (Å²) in [4.78, 5) is 40.3. The number of aromatic nitrogens is 1. The molecule has 1 N–H and O–H groups in total. The summed E-state index contributed by atoms with van der Waals surface area (Å²) in [6, 6.07) is 2.94. The van der Waals surface area contributed by atoms with E-state index >= 15 is 0 Å². The van der Waals surface area contributed by atoms with E-state index in [0.29, 0.717) is 5.56 Å². The molecule has 1 saturated heterocycles. The summed E-state index contributed by atoms with van der Waals surface area (Å²) < 4.78 is 0. The molecule has 1 aromatic heterocycles. The molecule has 21 heavy (non-hydrogen) atoms. The lowest BCUT2D eigenvalue weighted by Crippen LogP contribution is -2.36. The molecule has 1 unspecified atom stereocenters. The molecular weight excluding hydrogens is 272 g/mol. The highest BCUT2D eigenvalue weighted by Gasteiger charge is 2.49. The number of carboxylic acid groups (broad SMARTS) is 1. The van der Waals surface area contributed by atoms with Crippen LogP contribution in [0, 0.1) is 11.3 Å². The van der Waals surface area contributed by atoms with Gasteiger partial charge in [-0.3, -0.25) is 14.5 Å². The molecule has 2 heterocycles. The Labute approximate surface area is 122 Å². The Hall–Kier alpha value is -2.24. The number of hydrogen-bond acceptors (Lipinski definition) is 4. The maximum atomic E-state index is 12.4. The molecule has 1 aliphatic rings. The summed E-state index contributed by atoms with van der Waals surface area (Å²) in [5.41, 5.74) is -0.0922. The first-order valence-electron chi connectivity index (χ1n) is 6.78. The highest BCUT2D eigenvalue weighted by molar-refractivity contribution is 6.05. The molecule has 0 saturated carbocycles. The van der Waals surface area contributed by atoms with Crippen molar-refractivity contribution in [2.45, 2.75) is 33.7 Å². The Balaban J connectivity index is 2.18. The van der Waals surface area contributed by atoms with Gasteiger partial charge in [0.2, 0.25) is 11.8 Å². The molecule has 112 valence electrons. The van der Waals surface area contributed by atoms with Crippen LogP contribution in [0.25, 0.3) is 0 Å². The number of hydrogen-bond donors (Lipinski definition) is 1. The van der Waals surface area contributed by atoms with Gasteiger partial charge >= 0.3 is 5.97 Å². The van der Waals surface area contributed by atoms with Gasteiger partial charge < -0.3 is 5.11 Å². The average molecular weight is 290 g/mol. The molecule has 0 aromatic carbocycles. The highest BCUT2D eigenvalue weighted by atomic mass is 16.4. The predicted octanol–water partition coefficient (Wildman–Crippen LogP) is 1.70. The van der Waals surface area contributed by atoms with Crippen LogP contribution >= 0.6 is 0 Å². The molecule has 1 fully saturated rings. The van der Waals surface area contributed by atoms with E-state index in [-0.39, 0.29) is 36.4 Å². The zero-order valence-corrected chi connectivity index (χ0v) is 12.3. The molecule has 0 radical (unpaired) electrons. The third-order valence-electron chi connectivity index (χ3n) is 4.21. The molecule has 1 aromatic rings. The average Bonchev–Trinajstić information content (AvgIpc) is 2.64. The summed E-state index contributed by atoms with van der Waals surface area (Å²) >= 11 is 0. The Kier molecular flexibility index (Phi) is 3.80. The molecular formula is C15H18N2O4. The van der Waals surface area contributed by atoms with Crippen LogP contribution in [0.1, 0.15) is 43.2 Å². The van der Waals surface area contributed by atoms with Gasteiger partial charge in [0.25, 0.3) is 0 Å². The zero-order chi connectivity index (χ0) is 15.8. The first-order valence-corrected chi connectivity index (χ1v) is 6.78. The molecule has 6 heteroatoms. The Morgan fingerprint density at radius 1 is 1.43 bits per heavy atom. The Morgan fingerprint density at radius 3 is 2.52 bits per heavy atom. The van der Waals surface area contributed by atoms with Crippen LogP contribution in [0.3, 0.4) is 0 Å². The summed E-state index contributed by atoms with van der Waals surface area (Å²) in [5.74, 6) is -1.41. The Bertz CT molecular complexity index is 594. The van der Waals surface area contributed by atoms with Gasteiger partial charge in [0.15, 0.2) is 0 Å². The summed E-state index contributed by atoms with van der Waals surface area (Å²) in [7, 11) is 0. The normalized spacial score (nSPS) is 22.2.